The number of amides is 2. The Morgan fingerprint density at radius 3 is 2.96 bits per heavy atom. The first-order valence-corrected chi connectivity index (χ1v) is 10.0. The second kappa shape index (κ2) is 6.45. The lowest BCUT2D eigenvalue weighted by atomic mass is 10.0. The van der Waals surface area contributed by atoms with Crippen LogP contribution >= 0.6 is 11.3 Å². The number of allylic oxidation sites excluding steroid dienone is 1. The highest BCUT2D eigenvalue weighted by Gasteiger charge is 2.40. The lowest BCUT2D eigenvalue weighted by Crippen LogP contribution is -2.51. The van der Waals surface area contributed by atoms with Gasteiger partial charge in [0.25, 0.3) is 5.91 Å². The highest BCUT2D eigenvalue weighted by molar-refractivity contribution is 7.09. The molecule has 0 saturated carbocycles. The van der Waals surface area contributed by atoms with Gasteiger partial charge in [0.15, 0.2) is 0 Å². The Morgan fingerprint density at radius 1 is 1.29 bits per heavy atom. The first kappa shape index (κ1) is 16.9. The number of thiazole rings is 1. The van der Waals surface area contributed by atoms with E-state index in [0.29, 0.717) is 30.6 Å². The molecule has 7 heteroatoms. The van der Waals surface area contributed by atoms with Crippen molar-refractivity contribution in [2.45, 2.75) is 25.4 Å². The molecule has 0 aliphatic carbocycles. The van der Waals surface area contributed by atoms with E-state index in [1.54, 1.807) is 22.4 Å². The Hall–Kier alpha value is -3.19. The molecular formula is C21H18N4O2S. The van der Waals surface area contributed by atoms with Crippen LogP contribution in [0.3, 0.4) is 0 Å². The summed E-state index contributed by atoms with van der Waals surface area (Å²) < 4.78 is 0. The van der Waals surface area contributed by atoms with Crippen LogP contribution in [0.25, 0.3) is 10.8 Å². The number of carbonyl (C=O) groups excluding carboxylic acids is 2. The van der Waals surface area contributed by atoms with Gasteiger partial charge in [-0.15, -0.1) is 11.3 Å². The molecule has 6 nitrogen and oxygen atoms in total. The normalized spacial score (nSPS) is 18.6. The second-order valence-electron chi connectivity index (χ2n) is 6.97. The molecule has 2 aliphatic heterocycles. The summed E-state index contributed by atoms with van der Waals surface area (Å²) in [5.41, 5.74) is 2.89. The lowest BCUT2D eigenvalue weighted by molar-refractivity contribution is -0.122. The highest BCUT2D eigenvalue weighted by atomic mass is 32.1. The number of benzene rings is 2. The third kappa shape index (κ3) is 2.58. The Labute approximate surface area is 165 Å². The minimum atomic E-state index is -0.525. The van der Waals surface area contributed by atoms with E-state index >= 15 is 0 Å². The number of rotatable bonds is 4. The molecule has 1 saturated heterocycles. The van der Waals surface area contributed by atoms with E-state index in [2.05, 4.69) is 22.2 Å². The van der Waals surface area contributed by atoms with E-state index in [0.717, 1.165) is 27.2 Å². The maximum Gasteiger partial charge on any atom is 0.261 e. The lowest BCUT2D eigenvalue weighted by Gasteiger charge is -2.31. The van der Waals surface area contributed by atoms with Gasteiger partial charge >= 0.3 is 0 Å². The molecule has 2 N–H and O–H groups in total. The van der Waals surface area contributed by atoms with Crippen LogP contribution in [0.1, 0.15) is 28.2 Å². The molecule has 28 heavy (non-hydrogen) atoms. The summed E-state index contributed by atoms with van der Waals surface area (Å²) in [5, 5.41) is 10.9. The maximum atomic E-state index is 13.5. The van der Waals surface area contributed by atoms with Crippen LogP contribution in [0.2, 0.25) is 0 Å². The summed E-state index contributed by atoms with van der Waals surface area (Å²) in [6, 6.07) is 9.24. The van der Waals surface area contributed by atoms with Crippen molar-refractivity contribution in [3.05, 3.63) is 64.8 Å². The average Bonchev–Trinajstić information content (AvgIpc) is 3.30. The molecule has 2 aliphatic rings. The highest BCUT2D eigenvalue weighted by Crippen LogP contribution is 2.43. The monoisotopic (exact) mass is 390 g/mol. The predicted octanol–water partition coefficient (Wildman–Crippen LogP) is 3.66. The zero-order valence-electron chi connectivity index (χ0n) is 15.1. The largest absolute Gasteiger partial charge is 0.378 e. The Bertz CT molecular complexity index is 1120. The number of anilines is 2. The van der Waals surface area contributed by atoms with Crippen LogP contribution in [0.5, 0.6) is 0 Å². The van der Waals surface area contributed by atoms with E-state index in [4.69, 9.17) is 0 Å². The molecule has 2 aromatic carbocycles. The number of hydrogen-bond acceptors (Lipinski definition) is 5. The number of nitrogens with zero attached hydrogens (tertiary/aromatic N) is 2. The van der Waals surface area contributed by atoms with E-state index in [1.165, 1.54) is 0 Å². The topological polar surface area (TPSA) is 74.3 Å². The smallest absolute Gasteiger partial charge is 0.261 e. The summed E-state index contributed by atoms with van der Waals surface area (Å²) in [4.78, 5) is 32.0. The van der Waals surface area contributed by atoms with Crippen molar-refractivity contribution >= 4 is 45.3 Å². The van der Waals surface area contributed by atoms with Crippen molar-refractivity contribution < 1.29 is 9.59 Å². The van der Waals surface area contributed by atoms with Crippen molar-refractivity contribution in [2.75, 3.05) is 10.2 Å². The molecule has 1 aromatic heterocycles. The van der Waals surface area contributed by atoms with E-state index in [-0.39, 0.29) is 11.8 Å². The van der Waals surface area contributed by atoms with Crippen LogP contribution in [0.4, 0.5) is 11.4 Å². The molecule has 3 heterocycles. The molecule has 0 spiro atoms. The molecule has 1 fully saturated rings. The average molecular weight is 390 g/mol. The van der Waals surface area contributed by atoms with Crippen LogP contribution in [-0.2, 0) is 11.3 Å². The summed E-state index contributed by atoms with van der Waals surface area (Å²) in [6.45, 7) is 4.39. The predicted molar refractivity (Wildman–Crippen MR) is 111 cm³/mol. The van der Waals surface area contributed by atoms with Crippen molar-refractivity contribution in [1.82, 2.24) is 10.3 Å². The first-order valence-electron chi connectivity index (χ1n) is 9.13. The number of aromatic nitrogens is 1. The van der Waals surface area contributed by atoms with Crippen LogP contribution in [0.15, 0.2) is 54.2 Å². The standard InChI is InChI=1S/C21H18N4O2S/c1-12-5-8-16(20(26)24-12)25-15-4-2-3-13-6-7-14(19(18(13)15)21(25)27)23-11-17-22-9-10-28-17/h2-4,6-7,9-10,16,23H,1,5,8,11H2,(H,24,26). The van der Waals surface area contributed by atoms with E-state index in [9.17, 15) is 9.59 Å². The molecule has 3 aromatic rings. The summed E-state index contributed by atoms with van der Waals surface area (Å²) in [6.07, 6.45) is 3.01. The SMILES string of the molecule is C=C1CCC(N2C(=O)c3c(NCc4nccs4)ccc4cccc2c34)C(=O)N1. The fourth-order valence-corrected chi connectivity index (χ4v) is 4.54. The number of nitrogens with one attached hydrogen (secondary N) is 2. The van der Waals surface area contributed by atoms with Gasteiger partial charge in [0.05, 0.1) is 17.8 Å². The molecule has 1 unspecified atom stereocenters. The van der Waals surface area contributed by atoms with Gasteiger partial charge in [-0.05, 0) is 30.4 Å². The van der Waals surface area contributed by atoms with Crippen molar-refractivity contribution in [3.63, 3.8) is 0 Å². The van der Waals surface area contributed by atoms with Crippen LogP contribution < -0.4 is 15.5 Å². The van der Waals surface area contributed by atoms with Gasteiger partial charge in [0, 0.05) is 28.3 Å². The zero-order valence-corrected chi connectivity index (χ0v) is 15.9. The molecule has 0 radical (unpaired) electrons. The van der Waals surface area contributed by atoms with Gasteiger partial charge in [-0.3, -0.25) is 14.5 Å². The molecule has 1 atom stereocenters. The Balaban J connectivity index is 1.57. The summed E-state index contributed by atoms with van der Waals surface area (Å²) in [7, 11) is 0. The molecule has 140 valence electrons. The van der Waals surface area contributed by atoms with Crippen molar-refractivity contribution in [1.29, 1.82) is 0 Å². The molecular weight excluding hydrogens is 372 g/mol. The number of hydrogen-bond donors (Lipinski definition) is 2. The van der Waals surface area contributed by atoms with E-state index in [1.807, 2.05) is 35.7 Å². The van der Waals surface area contributed by atoms with Gasteiger partial charge in [-0.2, -0.15) is 0 Å². The molecule has 0 bridgehead atoms. The fraction of sp³-hybridized carbons (Fsp3) is 0.190. The molecule has 5 rings (SSSR count). The zero-order chi connectivity index (χ0) is 19.3. The fourth-order valence-electron chi connectivity index (χ4n) is 3.99. The van der Waals surface area contributed by atoms with Crippen LogP contribution in [0, 0.1) is 0 Å². The Kier molecular flexibility index (Phi) is 3.91. The quantitative estimate of drug-likeness (QED) is 0.713. The first-order chi connectivity index (χ1) is 13.6. The second-order valence-corrected chi connectivity index (χ2v) is 7.94. The summed E-state index contributed by atoms with van der Waals surface area (Å²) in [5.74, 6) is -0.312. The van der Waals surface area contributed by atoms with Crippen molar-refractivity contribution in [3.8, 4) is 0 Å². The minimum absolute atomic E-state index is 0.138. The molecule has 2 amide bonds. The number of carbonyl (C=O) groups is 2. The maximum absolute atomic E-state index is 13.5. The third-order valence-electron chi connectivity index (χ3n) is 5.26. The van der Waals surface area contributed by atoms with Gasteiger partial charge in [-0.1, -0.05) is 24.8 Å². The van der Waals surface area contributed by atoms with Gasteiger partial charge in [-0.25, -0.2) is 4.98 Å². The van der Waals surface area contributed by atoms with E-state index < -0.39 is 6.04 Å². The van der Waals surface area contributed by atoms with Crippen molar-refractivity contribution in [2.24, 2.45) is 0 Å². The van der Waals surface area contributed by atoms with Gasteiger partial charge in [0.2, 0.25) is 5.91 Å². The Morgan fingerprint density at radius 2 is 2.18 bits per heavy atom. The summed E-state index contributed by atoms with van der Waals surface area (Å²) >= 11 is 1.57. The van der Waals surface area contributed by atoms with Crippen LogP contribution in [-0.4, -0.2) is 22.8 Å². The van der Waals surface area contributed by atoms with Gasteiger partial charge < -0.3 is 10.6 Å². The minimum Gasteiger partial charge on any atom is -0.378 e. The van der Waals surface area contributed by atoms with Gasteiger partial charge in [0.1, 0.15) is 11.0 Å². The third-order valence-corrected chi connectivity index (χ3v) is 6.04. The number of piperidine rings is 1.